The highest BCUT2D eigenvalue weighted by atomic mass is 35.5. The molecule has 16 heteroatoms. The molecule has 1 saturated heterocycles. The number of rotatable bonds is 7. The monoisotopic (exact) mass is 693 g/mol. The van der Waals surface area contributed by atoms with Crippen molar-refractivity contribution < 1.29 is 45.5 Å². The van der Waals surface area contributed by atoms with Crippen LogP contribution in [0.4, 0.5) is 43.4 Å². The number of hydrogen-bond donors (Lipinski definition) is 3. The molecule has 238 valence electrons. The van der Waals surface area contributed by atoms with Crippen LogP contribution in [0.1, 0.15) is 33.8 Å². The standard InChI is InChI=1S/C29H20Cl3F6N3O4/c30-17-3-2-14(39-27(44)22-21(28(22,31)32)12-1-4-18(33)16(9-12)29(36,37)38)10-15(17)26(43)40-20-6-5-19(34)24(23(20)35)41-25(42)13-7-8-45-11-13/h1-6,9-10,13,21-22H,7-8,11H2,(H,39,44)(H,40,43)(H,41,42)/t13?,21-,22+/m0/s1. The fraction of sp³-hybridized carbons (Fsp3) is 0.276. The summed E-state index contributed by atoms with van der Waals surface area (Å²) in [6.45, 7) is 0.427. The second kappa shape index (κ2) is 12.3. The third kappa shape index (κ3) is 6.71. The molecule has 5 rings (SSSR count). The van der Waals surface area contributed by atoms with E-state index < -0.39 is 80.4 Å². The average Bonchev–Trinajstić information content (AvgIpc) is 3.27. The summed E-state index contributed by atoms with van der Waals surface area (Å²) in [6, 6.07) is 7.62. The van der Waals surface area contributed by atoms with Crippen molar-refractivity contribution in [2.75, 3.05) is 29.2 Å². The van der Waals surface area contributed by atoms with Crippen LogP contribution in [0, 0.1) is 29.3 Å². The van der Waals surface area contributed by atoms with Crippen molar-refractivity contribution in [1.29, 1.82) is 0 Å². The highest BCUT2D eigenvalue weighted by molar-refractivity contribution is 6.53. The molecule has 0 spiro atoms. The van der Waals surface area contributed by atoms with E-state index in [0.29, 0.717) is 25.2 Å². The molecule has 2 fully saturated rings. The molecule has 3 aromatic rings. The smallest absolute Gasteiger partial charge is 0.381 e. The van der Waals surface area contributed by atoms with Gasteiger partial charge in [-0.2, -0.15) is 13.2 Å². The minimum Gasteiger partial charge on any atom is -0.381 e. The van der Waals surface area contributed by atoms with Gasteiger partial charge in [-0.1, -0.05) is 17.7 Å². The van der Waals surface area contributed by atoms with Gasteiger partial charge < -0.3 is 20.7 Å². The van der Waals surface area contributed by atoms with Gasteiger partial charge >= 0.3 is 6.18 Å². The SMILES string of the molecule is O=C(Nc1ccc(F)c(NC(=O)C2CCOC2)c1F)c1cc(NC(=O)[C@H]2[C@H](c3ccc(F)c(C(F)(F)F)c3)C2(Cl)Cl)ccc1Cl. The van der Waals surface area contributed by atoms with Crippen LogP contribution in [0.2, 0.25) is 5.02 Å². The van der Waals surface area contributed by atoms with Crippen molar-refractivity contribution in [3.05, 3.63) is 87.7 Å². The topological polar surface area (TPSA) is 96.5 Å². The average molecular weight is 695 g/mol. The first-order valence-electron chi connectivity index (χ1n) is 13.1. The zero-order chi connectivity index (χ0) is 32.8. The van der Waals surface area contributed by atoms with Crippen LogP contribution >= 0.6 is 34.8 Å². The number of amides is 3. The highest BCUT2D eigenvalue weighted by Gasteiger charge is 2.67. The molecule has 1 unspecified atom stereocenters. The van der Waals surface area contributed by atoms with Crippen LogP contribution in [0.25, 0.3) is 0 Å². The maximum Gasteiger partial charge on any atom is 0.419 e. The molecule has 3 amide bonds. The summed E-state index contributed by atoms with van der Waals surface area (Å²) < 4.78 is 86.2. The number of alkyl halides is 5. The third-order valence-electron chi connectivity index (χ3n) is 7.36. The van der Waals surface area contributed by atoms with E-state index in [1.54, 1.807) is 0 Å². The van der Waals surface area contributed by atoms with Crippen LogP contribution in [-0.4, -0.2) is 35.3 Å². The third-order valence-corrected chi connectivity index (χ3v) is 8.63. The van der Waals surface area contributed by atoms with E-state index in [2.05, 4.69) is 16.0 Å². The largest absolute Gasteiger partial charge is 0.419 e. The van der Waals surface area contributed by atoms with Gasteiger partial charge in [0.15, 0.2) is 5.82 Å². The minimum atomic E-state index is -4.99. The maximum absolute atomic E-state index is 15.2. The molecule has 1 saturated carbocycles. The molecule has 0 bridgehead atoms. The molecule has 7 nitrogen and oxygen atoms in total. The van der Waals surface area contributed by atoms with Crippen LogP contribution in [0.5, 0.6) is 0 Å². The van der Waals surface area contributed by atoms with Crippen molar-refractivity contribution in [2.45, 2.75) is 22.8 Å². The van der Waals surface area contributed by atoms with E-state index in [1.165, 1.54) is 12.1 Å². The van der Waals surface area contributed by atoms with Gasteiger partial charge in [0, 0.05) is 18.2 Å². The van der Waals surface area contributed by atoms with Crippen molar-refractivity contribution in [3.63, 3.8) is 0 Å². The van der Waals surface area contributed by atoms with Crippen LogP contribution in [0.3, 0.4) is 0 Å². The lowest BCUT2D eigenvalue weighted by Gasteiger charge is -2.14. The molecule has 0 radical (unpaired) electrons. The Morgan fingerprint density at radius 1 is 0.889 bits per heavy atom. The van der Waals surface area contributed by atoms with E-state index in [1.807, 2.05) is 0 Å². The Balaban J connectivity index is 1.31. The predicted molar refractivity (Wildman–Crippen MR) is 154 cm³/mol. The van der Waals surface area contributed by atoms with Crippen molar-refractivity contribution in [3.8, 4) is 0 Å². The summed E-state index contributed by atoms with van der Waals surface area (Å²) in [5.74, 6) is -9.26. The Hall–Kier alpha value is -3.52. The molecule has 2 aliphatic rings. The van der Waals surface area contributed by atoms with Crippen LogP contribution in [0.15, 0.2) is 48.5 Å². The number of anilines is 3. The van der Waals surface area contributed by atoms with Crippen LogP contribution in [-0.2, 0) is 20.5 Å². The van der Waals surface area contributed by atoms with Gasteiger partial charge in [0.1, 0.15) is 21.7 Å². The summed E-state index contributed by atoms with van der Waals surface area (Å²) in [4.78, 5) is 38.4. The Morgan fingerprint density at radius 2 is 1.60 bits per heavy atom. The van der Waals surface area contributed by atoms with Crippen molar-refractivity contribution in [1.82, 2.24) is 0 Å². The van der Waals surface area contributed by atoms with E-state index in [9.17, 15) is 36.3 Å². The minimum absolute atomic E-state index is 0.00858. The molecule has 45 heavy (non-hydrogen) atoms. The molecule has 1 heterocycles. The zero-order valence-electron chi connectivity index (χ0n) is 22.5. The lowest BCUT2D eigenvalue weighted by molar-refractivity contribution is -0.140. The van der Waals surface area contributed by atoms with Crippen molar-refractivity contribution >= 4 is 69.6 Å². The first-order valence-corrected chi connectivity index (χ1v) is 14.3. The lowest BCUT2D eigenvalue weighted by Crippen LogP contribution is -2.24. The number of carbonyl (C=O) groups excluding carboxylic acids is 3. The second-order valence-electron chi connectivity index (χ2n) is 10.3. The quantitative estimate of drug-likeness (QED) is 0.176. The number of carbonyl (C=O) groups is 3. The van der Waals surface area contributed by atoms with Gasteiger partial charge in [-0.05, 0) is 54.4 Å². The maximum atomic E-state index is 15.2. The van der Waals surface area contributed by atoms with Gasteiger partial charge in [0.05, 0.1) is 40.3 Å². The van der Waals surface area contributed by atoms with Gasteiger partial charge in [-0.25, -0.2) is 13.2 Å². The highest BCUT2D eigenvalue weighted by Crippen LogP contribution is 2.65. The summed E-state index contributed by atoms with van der Waals surface area (Å²) in [5, 5.41) is 6.75. The first kappa shape index (κ1) is 32.9. The number of ether oxygens (including phenoxy) is 1. The molecular weight excluding hydrogens is 675 g/mol. The molecule has 1 aliphatic carbocycles. The Labute approximate surface area is 266 Å². The van der Waals surface area contributed by atoms with Gasteiger partial charge in [-0.3, -0.25) is 14.4 Å². The molecule has 3 N–H and O–H groups in total. The molecule has 3 atom stereocenters. The van der Waals surface area contributed by atoms with Gasteiger partial charge in [0.2, 0.25) is 11.8 Å². The Morgan fingerprint density at radius 3 is 2.27 bits per heavy atom. The molecule has 1 aliphatic heterocycles. The normalized spacial score (nSPS) is 20.4. The number of halogens is 9. The molecule has 3 aromatic carbocycles. The first-order chi connectivity index (χ1) is 21.1. The van der Waals surface area contributed by atoms with Crippen molar-refractivity contribution in [2.24, 2.45) is 11.8 Å². The summed E-state index contributed by atoms with van der Waals surface area (Å²) in [5.41, 5.74) is -3.18. The van der Waals surface area contributed by atoms with Crippen LogP contribution < -0.4 is 16.0 Å². The Bertz CT molecular complexity index is 1700. The predicted octanol–water partition coefficient (Wildman–Crippen LogP) is 7.53. The number of benzene rings is 3. The number of hydrogen-bond acceptors (Lipinski definition) is 4. The van der Waals surface area contributed by atoms with E-state index in [-0.39, 0.29) is 28.4 Å². The fourth-order valence-corrected chi connectivity index (χ4v) is 5.97. The zero-order valence-corrected chi connectivity index (χ0v) is 24.8. The summed E-state index contributed by atoms with van der Waals surface area (Å²) >= 11 is 18.6. The molecular formula is C29H20Cl3F6N3O4. The fourth-order valence-electron chi connectivity index (χ4n) is 4.94. The van der Waals surface area contributed by atoms with Gasteiger partial charge in [-0.15, -0.1) is 23.2 Å². The lowest BCUT2D eigenvalue weighted by atomic mass is 10.0. The Kier molecular flexibility index (Phi) is 9.02. The van der Waals surface area contributed by atoms with E-state index in [0.717, 1.165) is 24.3 Å². The second-order valence-corrected chi connectivity index (χ2v) is 12.2. The van der Waals surface area contributed by atoms with E-state index in [4.69, 9.17) is 39.5 Å². The number of nitrogens with one attached hydrogen (secondary N) is 3. The van der Waals surface area contributed by atoms with E-state index >= 15 is 4.39 Å². The summed E-state index contributed by atoms with van der Waals surface area (Å²) in [6.07, 6.45) is -4.62. The molecule has 0 aromatic heterocycles. The van der Waals surface area contributed by atoms with Gasteiger partial charge in [0.25, 0.3) is 5.91 Å². The summed E-state index contributed by atoms with van der Waals surface area (Å²) in [7, 11) is 0.